The average molecular weight is 623 g/mol. The molecular weight excluding hydrogens is 584 g/mol. The molecule has 1 heterocycles. The fourth-order valence-electron chi connectivity index (χ4n) is 5.23. The van der Waals surface area contributed by atoms with E-state index in [1.165, 1.54) is 13.0 Å². The summed E-state index contributed by atoms with van der Waals surface area (Å²) in [4.78, 5) is 26.3. The van der Waals surface area contributed by atoms with Crippen LogP contribution in [0.15, 0.2) is 84.9 Å². The quantitative estimate of drug-likeness (QED) is 0.0685. The maximum Gasteiger partial charge on any atom is 0.308 e. The lowest BCUT2D eigenvalue weighted by molar-refractivity contribution is -0.131. The van der Waals surface area contributed by atoms with Crippen molar-refractivity contribution in [2.75, 3.05) is 14.2 Å². The SMILES string of the molecule is COc1cc(OCc2ccccc2)c(OC)cc1C=CC(=O)c1c(OC(C)=O)cc2c(c1OCc1ccccc1)CCC(C)(C)O2. The molecule has 0 aliphatic carbocycles. The number of benzene rings is 4. The van der Waals surface area contributed by atoms with E-state index < -0.39 is 17.4 Å². The van der Waals surface area contributed by atoms with Crippen molar-refractivity contribution in [3.8, 4) is 34.5 Å². The molecule has 0 aromatic heterocycles. The molecule has 0 atom stereocenters. The van der Waals surface area contributed by atoms with Crippen LogP contribution in [0.25, 0.3) is 6.08 Å². The smallest absolute Gasteiger partial charge is 0.308 e. The van der Waals surface area contributed by atoms with Gasteiger partial charge in [-0.1, -0.05) is 60.7 Å². The molecule has 4 aromatic carbocycles. The Balaban J connectivity index is 1.52. The molecule has 8 nitrogen and oxygen atoms in total. The number of carbonyl (C=O) groups is 2. The second kappa shape index (κ2) is 14.2. The third-order valence-electron chi connectivity index (χ3n) is 7.56. The summed E-state index contributed by atoms with van der Waals surface area (Å²) in [6.07, 6.45) is 4.36. The molecule has 1 aliphatic heterocycles. The summed E-state index contributed by atoms with van der Waals surface area (Å²) < 4.78 is 35.5. The standard InChI is InChI=1S/C38H38O8/c1-25(39)45-35-22-32-29(18-19-38(2,3)46-32)37(44-24-27-14-10-7-11-15-27)36(35)30(40)17-16-28-20-33(42-5)34(21-31(28)41-4)43-23-26-12-8-6-9-13-26/h6-17,20-22H,18-19,23-24H2,1-5H3. The summed E-state index contributed by atoms with van der Waals surface area (Å²) in [5.41, 5.74) is 2.97. The summed E-state index contributed by atoms with van der Waals surface area (Å²) in [5, 5.41) is 0. The Hall–Kier alpha value is -5.24. The minimum absolute atomic E-state index is 0.0656. The zero-order chi connectivity index (χ0) is 32.7. The highest BCUT2D eigenvalue weighted by Crippen LogP contribution is 2.46. The number of allylic oxidation sites excluding steroid dienone is 1. The molecule has 0 bridgehead atoms. The van der Waals surface area contributed by atoms with Crippen LogP contribution in [-0.4, -0.2) is 31.6 Å². The number of methoxy groups -OCH3 is 2. The zero-order valence-corrected chi connectivity index (χ0v) is 26.8. The Labute approximate surface area is 269 Å². The number of ketones is 1. The average Bonchev–Trinajstić information content (AvgIpc) is 3.05. The fraction of sp³-hybridized carbons (Fsp3) is 0.263. The van der Waals surface area contributed by atoms with Crippen LogP contribution >= 0.6 is 0 Å². The van der Waals surface area contributed by atoms with Gasteiger partial charge in [0.15, 0.2) is 17.3 Å². The van der Waals surface area contributed by atoms with Crippen LogP contribution in [-0.2, 0) is 24.4 Å². The van der Waals surface area contributed by atoms with Gasteiger partial charge >= 0.3 is 5.97 Å². The van der Waals surface area contributed by atoms with E-state index >= 15 is 0 Å². The summed E-state index contributed by atoms with van der Waals surface area (Å²) in [6, 6.07) is 24.5. The molecule has 1 aliphatic rings. The Morgan fingerprint density at radius 2 is 1.43 bits per heavy atom. The number of hydrogen-bond acceptors (Lipinski definition) is 8. The first-order valence-corrected chi connectivity index (χ1v) is 15.1. The molecule has 0 unspecified atom stereocenters. The van der Waals surface area contributed by atoms with Crippen LogP contribution in [0.2, 0.25) is 0 Å². The molecule has 0 saturated heterocycles. The molecule has 0 saturated carbocycles. The Morgan fingerprint density at radius 3 is 2.04 bits per heavy atom. The van der Waals surface area contributed by atoms with Gasteiger partial charge in [-0.15, -0.1) is 0 Å². The van der Waals surface area contributed by atoms with Crippen LogP contribution < -0.4 is 28.4 Å². The summed E-state index contributed by atoms with van der Waals surface area (Å²) in [6.45, 7) is 5.83. The van der Waals surface area contributed by atoms with Crippen molar-refractivity contribution in [2.24, 2.45) is 0 Å². The minimum atomic E-state index is -0.570. The highest BCUT2D eigenvalue weighted by atomic mass is 16.5. The Kier molecular flexibility index (Phi) is 9.96. The zero-order valence-electron chi connectivity index (χ0n) is 26.8. The minimum Gasteiger partial charge on any atom is -0.496 e. The number of esters is 1. The van der Waals surface area contributed by atoms with Crippen LogP contribution in [0.3, 0.4) is 0 Å². The molecule has 0 fully saturated rings. The largest absolute Gasteiger partial charge is 0.496 e. The number of carbonyl (C=O) groups excluding carboxylic acids is 2. The summed E-state index contributed by atoms with van der Waals surface area (Å²) in [5.74, 6) is 1.39. The second-order valence-electron chi connectivity index (χ2n) is 11.5. The van der Waals surface area contributed by atoms with E-state index in [1.807, 2.05) is 74.5 Å². The third kappa shape index (κ3) is 7.69. The van der Waals surface area contributed by atoms with Gasteiger partial charge in [0.2, 0.25) is 0 Å². The van der Waals surface area contributed by atoms with Crippen molar-refractivity contribution >= 4 is 17.8 Å². The van der Waals surface area contributed by atoms with Crippen LogP contribution in [0, 0.1) is 0 Å². The summed E-state index contributed by atoms with van der Waals surface area (Å²) >= 11 is 0. The highest BCUT2D eigenvalue weighted by Gasteiger charge is 2.33. The topological polar surface area (TPSA) is 89.5 Å². The van der Waals surface area contributed by atoms with E-state index in [0.717, 1.165) is 16.7 Å². The molecule has 0 amide bonds. The summed E-state index contributed by atoms with van der Waals surface area (Å²) in [7, 11) is 3.09. The van der Waals surface area contributed by atoms with Crippen molar-refractivity contribution in [3.05, 3.63) is 113 Å². The van der Waals surface area contributed by atoms with E-state index in [1.54, 1.807) is 38.5 Å². The maximum atomic E-state index is 14.1. The number of hydrogen-bond donors (Lipinski definition) is 0. The van der Waals surface area contributed by atoms with Crippen molar-refractivity contribution < 1.29 is 38.0 Å². The van der Waals surface area contributed by atoms with E-state index in [9.17, 15) is 9.59 Å². The molecule has 5 rings (SSSR count). The molecule has 238 valence electrons. The Morgan fingerprint density at radius 1 is 0.804 bits per heavy atom. The lowest BCUT2D eigenvalue weighted by atomic mass is 9.91. The predicted molar refractivity (Wildman–Crippen MR) is 175 cm³/mol. The molecule has 0 N–H and O–H groups in total. The van der Waals surface area contributed by atoms with Gasteiger partial charge in [0.1, 0.15) is 47.4 Å². The highest BCUT2D eigenvalue weighted by molar-refractivity contribution is 6.11. The fourth-order valence-corrected chi connectivity index (χ4v) is 5.23. The monoisotopic (exact) mass is 622 g/mol. The third-order valence-corrected chi connectivity index (χ3v) is 7.56. The second-order valence-corrected chi connectivity index (χ2v) is 11.5. The first-order chi connectivity index (χ1) is 22.2. The number of ether oxygens (including phenoxy) is 6. The van der Waals surface area contributed by atoms with Gasteiger partial charge in [0, 0.05) is 30.2 Å². The molecule has 4 aromatic rings. The normalized spacial score (nSPS) is 13.3. The van der Waals surface area contributed by atoms with Gasteiger partial charge in [-0.3, -0.25) is 9.59 Å². The van der Waals surface area contributed by atoms with E-state index in [2.05, 4.69) is 0 Å². The molecule has 0 radical (unpaired) electrons. The first kappa shape index (κ1) is 32.2. The van der Waals surface area contributed by atoms with Gasteiger partial charge in [-0.05, 0) is 56.0 Å². The van der Waals surface area contributed by atoms with Crippen molar-refractivity contribution in [3.63, 3.8) is 0 Å². The lowest BCUT2D eigenvalue weighted by Gasteiger charge is -2.34. The molecule has 0 spiro atoms. The van der Waals surface area contributed by atoms with Gasteiger partial charge < -0.3 is 28.4 Å². The van der Waals surface area contributed by atoms with Crippen LogP contribution in [0.1, 0.15) is 59.8 Å². The van der Waals surface area contributed by atoms with Gasteiger partial charge in [-0.2, -0.15) is 0 Å². The van der Waals surface area contributed by atoms with E-state index in [4.69, 9.17) is 28.4 Å². The van der Waals surface area contributed by atoms with Crippen molar-refractivity contribution in [2.45, 2.75) is 52.4 Å². The molecule has 8 heteroatoms. The number of rotatable bonds is 12. The van der Waals surface area contributed by atoms with E-state index in [-0.39, 0.29) is 17.9 Å². The molecular formula is C38H38O8. The van der Waals surface area contributed by atoms with Crippen molar-refractivity contribution in [1.29, 1.82) is 0 Å². The van der Waals surface area contributed by atoms with Crippen LogP contribution in [0.4, 0.5) is 0 Å². The van der Waals surface area contributed by atoms with Gasteiger partial charge in [0.05, 0.1) is 14.2 Å². The Bertz CT molecular complexity index is 1730. The van der Waals surface area contributed by atoms with E-state index in [0.29, 0.717) is 53.8 Å². The van der Waals surface area contributed by atoms with Gasteiger partial charge in [0.25, 0.3) is 0 Å². The van der Waals surface area contributed by atoms with Crippen molar-refractivity contribution in [1.82, 2.24) is 0 Å². The van der Waals surface area contributed by atoms with Crippen LogP contribution in [0.5, 0.6) is 34.5 Å². The molecule has 46 heavy (non-hydrogen) atoms. The predicted octanol–water partition coefficient (Wildman–Crippen LogP) is 7.79. The number of fused-ring (bicyclic) bond motifs is 1. The first-order valence-electron chi connectivity index (χ1n) is 15.1. The lowest BCUT2D eigenvalue weighted by Crippen LogP contribution is -2.33. The maximum absolute atomic E-state index is 14.1. The van der Waals surface area contributed by atoms with Gasteiger partial charge in [-0.25, -0.2) is 0 Å².